The molecule has 1 amide bonds. The van der Waals surface area contributed by atoms with Gasteiger partial charge in [0, 0.05) is 13.5 Å². The third-order valence-electron chi connectivity index (χ3n) is 2.54. The molecule has 1 N–H and O–H groups in total. The van der Waals surface area contributed by atoms with Crippen LogP contribution in [0.15, 0.2) is 0 Å². The second kappa shape index (κ2) is 10.6. The van der Waals surface area contributed by atoms with E-state index in [1.165, 1.54) is 44.9 Å². The summed E-state index contributed by atoms with van der Waals surface area (Å²) < 4.78 is 0. The van der Waals surface area contributed by atoms with E-state index in [-0.39, 0.29) is 5.91 Å². The first-order valence-corrected chi connectivity index (χ1v) is 6.01. The van der Waals surface area contributed by atoms with Gasteiger partial charge in [-0.3, -0.25) is 4.79 Å². The summed E-state index contributed by atoms with van der Waals surface area (Å²) in [5, 5.41) is 2.64. The lowest BCUT2D eigenvalue weighted by Gasteiger charge is -2.01. The molecule has 0 spiro atoms. The summed E-state index contributed by atoms with van der Waals surface area (Å²) in [6.07, 6.45) is 11.0. The molecule has 2 heteroatoms. The topological polar surface area (TPSA) is 29.1 Å². The number of hydrogen-bond acceptors (Lipinski definition) is 1. The van der Waals surface area contributed by atoms with E-state index in [1.54, 1.807) is 7.05 Å². The van der Waals surface area contributed by atoms with E-state index in [4.69, 9.17) is 0 Å². The number of carbonyl (C=O) groups excluding carboxylic acids is 1. The Morgan fingerprint density at radius 3 is 1.93 bits per heavy atom. The van der Waals surface area contributed by atoms with E-state index in [0.29, 0.717) is 6.42 Å². The van der Waals surface area contributed by atoms with Gasteiger partial charge in [-0.05, 0) is 6.42 Å². The summed E-state index contributed by atoms with van der Waals surface area (Å²) in [6.45, 7) is 2.24. The third kappa shape index (κ3) is 9.56. The summed E-state index contributed by atoms with van der Waals surface area (Å²) >= 11 is 0. The average molecular weight is 199 g/mol. The SMILES string of the molecule is CCCCCCCCCCC(=O)NC. The summed E-state index contributed by atoms with van der Waals surface area (Å²) in [5.74, 6) is 0.177. The minimum absolute atomic E-state index is 0.177. The van der Waals surface area contributed by atoms with Gasteiger partial charge in [0.25, 0.3) is 0 Å². The molecule has 0 radical (unpaired) electrons. The molecule has 0 aliphatic heterocycles. The minimum Gasteiger partial charge on any atom is -0.359 e. The molecule has 0 bridgehead atoms. The molecule has 0 rings (SSSR count). The van der Waals surface area contributed by atoms with Crippen molar-refractivity contribution < 1.29 is 4.79 Å². The number of hydrogen-bond donors (Lipinski definition) is 1. The molecule has 0 fully saturated rings. The maximum atomic E-state index is 10.9. The predicted molar refractivity (Wildman–Crippen MR) is 61.3 cm³/mol. The summed E-state index contributed by atoms with van der Waals surface area (Å²) in [6, 6.07) is 0. The van der Waals surface area contributed by atoms with Crippen molar-refractivity contribution in [2.24, 2.45) is 0 Å². The summed E-state index contributed by atoms with van der Waals surface area (Å²) in [4.78, 5) is 10.9. The predicted octanol–water partition coefficient (Wildman–Crippen LogP) is 3.26. The maximum Gasteiger partial charge on any atom is 0.219 e. The molecule has 0 saturated heterocycles. The zero-order valence-corrected chi connectivity index (χ0v) is 9.77. The lowest BCUT2D eigenvalue weighted by atomic mass is 10.1. The van der Waals surface area contributed by atoms with E-state index >= 15 is 0 Å². The number of amides is 1. The van der Waals surface area contributed by atoms with Crippen LogP contribution in [-0.4, -0.2) is 13.0 Å². The van der Waals surface area contributed by atoms with Gasteiger partial charge in [-0.15, -0.1) is 0 Å². The first kappa shape index (κ1) is 13.5. The van der Waals surface area contributed by atoms with Crippen LogP contribution in [0.3, 0.4) is 0 Å². The van der Waals surface area contributed by atoms with Crippen LogP contribution in [0.5, 0.6) is 0 Å². The van der Waals surface area contributed by atoms with E-state index in [1.807, 2.05) is 0 Å². The monoisotopic (exact) mass is 199 g/mol. The maximum absolute atomic E-state index is 10.9. The highest BCUT2D eigenvalue weighted by Crippen LogP contribution is 2.09. The molecular weight excluding hydrogens is 174 g/mol. The number of nitrogens with one attached hydrogen (secondary N) is 1. The van der Waals surface area contributed by atoms with Crippen molar-refractivity contribution in [1.29, 1.82) is 0 Å². The summed E-state index contributed by atoms with van der Waals surface area (Å²) in [5.41, 5.74) is 0. The average Bonchev–Trinajstić information content (AvgIpc) is 2.21. The number of carbonyl (C=O) groups is 1. The highest BCUT2D eigenvalue weighted by atomic mass is 16.1. The molecule has 0 aliphatic rings. The van der Waals surface area contributed by atoms with Crippen molar-refractivity contribution in [3.8, 4) is 0 Å². The Morgan fingerprint density at radius 2 is 1.43 bits per heavy atom. The van der Waals surface area contributed by atoms with Crippen LogP contribution >= 0.6 is 0 Å². The lowest BCUT2D eigenvalue weighted by molar-refractivity contribution is -0.120. The molecule has 0 saturated carbocycles. The van der Waals surface area contributed by atoms with Gasteiger partial charge in [-0.2, -0.15) is 0 Å². The van der Waals surface area contributed by atoms with Gasteiger partial charge in [0.05, 0.1) is 0 Å². The lowest BCUT2D eigenvalue weighted by Crippen LogP contribution is -2.16. The smallest absolute Gasteiger partial charge is 0.219 e. The molecule has 84 valence electrons. The Bertz CT molecular complexity index is 134. The van der Waals surface area contributed by atoms with Crippen LogP contribution in [-0.2, 0) is 4.79 Å². The van der Waals surface area contributed by atoms with Gasteiger partial charge in [0.15, 0.2) is 0 Å². The standard InChI is InChI=1S/C12H25NO/c1-3-4-5-6-7-8-9-10-11-12(14)13-2/h3-11H2,1-2H3,(H,13,14). The van der Waals surface area contributed by atoms with Gasteiger partial charge in [0.2, 0.25) is 5.91 Å². The number of rotatable bonds is 9. The quantitative estimate of drug-likeness (QED) is 0.567. The van der Waals surface area contributed by atoms with Gasteiger partial charge in [0.1, 0.15) is 0 Å². The Balaban J connectivity index is 2.95. The first-order chi connectivity index (χ1) is 6.81. The van der Waals surface area contributed by atoms with E-state index in [2.05, 4.69) is 12.2 Å². The molecule has 0 unspecified atom stereocenters. The molecule has 0 aromatic rings. The second-order valence-electron chi connectivity index (χ2n) is 3.90. The van der Waals surface area contributed by atoms with Crippen LogP contribution in [0.2, 0.25) is 0 Å². The molecule has 0 atom stereocenters. The number of unbranched alkanes of at least 4 members (excludes halogenated alkanes) is 7. The van der Waals surface area contributed by atoms with Crippen LogP contribution in [0.4, 0.5) is 0 Å². The Hall–Kier alpha value is -0.530. The zero-order chi connectivity index (χ0) is 10.6. The molecule has 0 heterocycles. The Kier molecular flexibility index (Phi) is 10.2. The normalized spacial score (nSPS) is 10.1. The highest BCUT2D eigenvalue weighted by Gasteiger charge is 1.96. The highest BCUT2D eigenvalue weighted by molar-refractivity contribution is 5.75. The van der Waals surface area contributed by atoms with Crippen molar-refractivity contribution in [1.82, 2.24) is 5.32 Å². The molecule has 0 aromatic carbocycles. The first-order valence-electron chi connectivity index (χ1n) is 6.01. The molecule has 0 aromatic heterocycles. The van der Waals surface area contributed by atoms with E-state index in [9.17, 15) is 4.79 Å². The van der Waals surface area contributed by atoms with Crippen molar-refractivity contribution in [3.63, 3.8) is 0 Å². The van der Waals surface area contributed by atoms with Gasteiger partial charge >= 0.3 is 0 Å². The second-order valence-corrected chi connectivity index (χ2v) is 3.90. The largest absolute Gasteiger partial charge is 0.359 e. The summed E-state index contributed by atoms with van der Waals surface area (Å²) in [7, 11) is 1.70. The molecular formula is C12H25NO. The van der Waals surface area contributed by atoms with Crippen LogP contribution in [0.25, 0.3) is 0 Å². The fourth-order valence-electron chi connectivity index (χ4n) is 1.54. The fraction of sp³-hybridized carbons (Fsp3) is 0.917. The van der Waals surface area contributed by atoms with Crippen molar-refractivity contribution >= 4 is 5.91 Å². The Morgan fingerprint density at radius 1 is 0.929 bits per heavy atom. The minimum atomic E-state index is 0.177. The Labute approximate surface area is 88.5 Å². The third-order valence-corrected chi connectivity index (χ3v) is 2.54. The van der Waals surface area contributed by atoms with Crippen molar-refractivity contribution in [3.05, 3.63) is 0 Å². The van der Waals surface area contributed by atoms with Crippen LogP contribution in [0.1, 0.15) is 64.7 Å². The van der Waals surface area contributed by atoms with E-state index < -0.39 is 0 Å². The van der Waals surface area contributed by atoms with Gasteiger partial charge in [-0.25, -0.2) is 0 Å². The molecule has 14 heavy (non-hydrogen) atoms. The van der Waals surface area contributed by atoms with Crippen molar-refractivity contribution in [2.45, 2.75) is 64.7 Å². The van der Waals surface area contributed by atoms with Crippen molar-refractivity contribution in [2.75, 3.05) is 7.05 Å². The van der Waals surface area contributed by atoms with E-state index in [0.717, 1.165) is 6.42 Å². The fourth-order valence-corrected chi connectivity index (χ4v) is 1.54. The zero-order valence-electron chi connectivity index (χ0n) is 9.77. The van der Waals surface area contributed by atoms with Crippen LogP contribution < -0.4 is 5.32 Å². The van der Waals surface area contributed by atoms with Gasteiger partial charge in [-0.1, -0.05) is 51.9 Å². The van der Waals surface area contributed by atoms with Crippen LogP contribution in [0, 0.1) is 0 Å². The molecule has 0 aliphatic carbocycles. The van der Waals surface area contributed by atoms with Gasteiger partial charge < -0.3 is 5.32 Å². The molecule has 2 nitrogen and oxygen atoms in total.